The number of ether oxygens (including phenoxy) is 1. The van der Waals surface area contributed by atoms with Gasteiger partial charge in [0.05, 0.1) is 21.8 Å². The average molecular weight is 473 g/mol. The van der Waals surface area contributed by atoms with E-state index in [0.29, 0.717) is 20.6 Å². The largest absolute Gasteiger partial charge is 0.458 e. The first kappa shape index (κ1) is 23.6. The lowest BCUT2D eigenvalue weighted by Gasteiger charge is -2.24. The molecular formula is C28H28N2O3S. The van der Waals surface area contributed by atoms with Crippen molar-refractivity contribution < 1.29 is 9.53 Å². The summed E-state index contributed by atoms with van der Waals surface area (Å²) in [6.45, 7) is 12.0. The molecular weight excluding hydrogens is 444 g/mol. The highest BCUT2D eigenvalue weighted by Gasteiger charge is 2.33. The monoisotopic (exact) mass is 472 g/mol. The standard InChI is InChI=1S/C28H28N2O3S/c1-6-16-33-26(32)23-18(2)29-27-30(24(23)20-10-8-7-9-11-20)25(31)22(34-27)17-19-12-14-21(15-13-19)28(3,4)5/h6-15,17,24H,1,16H2,2-5H3/b22-17+. The summed E-state index contributed by atoms with van der Waals surface area (Å²) in [5, 5.41) is 0. The molecule has 1 atom stereocenters. The summed E-state index contributed by atoms with van der Waals surface area (Å²) in [6, 6.07) is 17.1. The number of thiazole rings is 1. The minimum atomic E-state index is -0.611. The molecule has 0 amide bonds. The molecule has 1 aliphatic heterocycles. The molecule has 0 saturated carbocycles. The number of aromatic nitrogens is 1. The van der Waals surface area contributed by atoms with Gasteiger partial charge in [0, 0.05) is 0 Å². The number of carbonyl (C=O) groups excluding carboxylic acids is 1. The van der Waals surface area contributed by atoms with Crippen LogP contribution in [0.2, 0.25) is 0 Å². The number of benzene rings is 2. The zero-order valence-electron chi connectivity index (χ0n) is 19.9. The van der Waals surface area contributed by atoms with Crippen molar-refractivity contribution in [3.8, 4) is 0 Å². The van der Waals surface area contributed by atoms with Crippen molar-refractivity contribution in [2.45, 2.75) is 39.2 Å². The van der Waals surface area contributed by atoms with Gasteiger partial charge >= 0.3 is 5.97 Å². The number of allylic oxidation sites excluding steroid dienone is 1. The molecule has 0 saturated heterocycles. The molecule has 2 aromatic carbocycles. The summed E-state index contributed by atoms with van der Waals surface area (Å²) in [7, 11) is 0. The molecule has 0 aliphatic carbocycles. The molecule has 174 valence electrons. The molecule has 1 unspecified atom stereocenters. The van der Waals surface area contributed by atoms with Gasteiger partial charge in [-0.2, -0.15) is 0 Å². The van der Waals surface area contributed by atoms with Crippen LogP contribution in [-0.2, 0) is 14.9 Å². The molecule has 0 N–H and O–H groups in total. The Kier molecular flexibility index (Phi) is 6.53. The van der Waals surface area contributed by atoms with Crippen LogP contribution in [0.1, 0.15) is 50.4 Å². The van der Waals surface area contributed by atoms with Crippen LogP contribution >= 0.6 is 11.3 Å². The fourth-order valence-electron chi connectivity index (χ4n) is 3.98. The van der Waals surface area contributed by atoms with E-state index in [-0.39, 0.29) is 17.6 Å². The van der Waals surface area contributed by atoms with Crippen LogP contribution in [0.25, 0.3) is 6.08 Å². The molecule has 34 heavy (non-hydrogen) atoms. The highest BCUT2D eigenvalue weighted by Crippen LogP contribution is 2.30. The molecule has 5 nitrogen and oxygen atoms in total. The highest BCUT2D eigenvalue weighted by molar-refractivity contribution is 7.07. The molecule has 1 aromatic heterocycles. The molecule has 0 spiro atoms. The van der Waals surface area contributed by atoms with Crippen molar-refractivity contribution in [1.29, 1.82) is 0 Å². The van der Waals surface area contributed by atoms with Crippen LogP contribution in [0.5, 0.6) is 0 Å². The van der Waals surface area contributed by atoms with E-state index in [1.165, 1.54) is 23.0 Å². The summed E-state index contributed by atoms with van der Waals surface area (Å²) in [6.07, 6.45) is 3.40. The lowest BCUT2D eigenvalue weighted by Crippen LogP contribution is -2.39. The van der Waals surface area contributed by atoms with Gasteiger partial charge in [-0.15, -0.1) is 0 Å². The zero-order chi connectivity index (χ0) is 24.5. The fourth-order valence-corrected chi connectivity index (χ4v) is 5.02. The fraction of sp³-hybridized carbons (Fsp3) is 0.250. The van der Waals surface area contributed by atoms with Gasteiger partial charge < -0.3 is 4.74 Å². The maximum Gasteiger partial charge on any atom is 0.338 e. The molecule has 0 radical (unpaired) electrons. The van der Waals surface area contributed by atoms with Crippen LogP contribution < -0.4 is 14.9 Å². The molecule has 0 bridgehead atoms. The van der Waals surface area contributed by atoms with E-state index in [2.05, 4.69) is 44.5 Å². The van der Waals surface area contributed by atoms with E-state index in [0.717, 1.165) is 11.1 Å². The van der Waals surface area contributed by atoms with E-state index in [9.17, 15) is 9.59 Å². The summed E-state index contributed by atoms with van der Waals surface area (Å²) >= 11 is 1.33. The Bertz CT molecular complexity index is 1440. The van der Waals surface area contributed by atoms with E-state index in [1.807, 2.05) is 48.5 Å². The van der Waals surface area contributed by atoms with Crippen molar-refractivity contribution in [3.05, 3.63) is 115 Å². The molecule has 3 aromatic rings. The Balaban J connectivity index is 1.86. The number of esters is 1. The first-order valence-electron chi connectivity index (χ1n) is 11.2. The summed E-state index contributed by atoms with van der Waals surface area (Å²) in [5.41, 5.74) is 3.78. The average Bonchev–Trinajstić information content (AvgIpc) is 3.11. The van der Waals surface area contributed by atoms with Gasteiger partial charge in [-0.05, 0) is 35.1 Å². The van der Waals surface area contributed by atoms with Crippen molar-refractivity contribution in [2.24, 2.45) is 4.99 Å². The second-order valence-electron chi connectivity index (χ2n) is 9.25. The number of nitrogens with zero attached hydrogens (tertiary/aromatic N) is 2. The first-order valence-corrected chi connectivity index (χ1v) is 12.0. The Morgan fingerprint density at radius 2 is 1.82 bits per heavy atom. The Hall–Kier alpha value is -3.51. The number of fused-ring (bicyclic) bond motifs is 1. The SMILES string of the molecule is C=CCOC(=O)C1=C(C)N=c2s/c(=C/c3ccc(C(C)(C)C)cc3)c(=O)n2C1c1ccccc1. The maximum absolute atomic E-state index is 13.6. The van der Waals surface area contributed by atoms with Crippen molar-refractivity contribution >= 4 is 23.4 Å². The predicted molar refractivity (Wildman–Crippen MR) is 137 cm³/mol. The lowest BCUT2D eigenvalue weighted by molar-refractivity contribution is -0.138. The predicted octanol–water partition coefficient (Wildman–Crippen LogP) is 4.26. The van der Waals surface area contributed by atoms with Crippen LogP contribution in [0.3, 0.4) is 0 Å². The van der Waals surface area contributed by atoms with Crippen molar-refractivity contribution in [3.63, 3.8) is 0 Å². The van der Waals surface area contributed by atoms with Gasteiger partial charge in [0.15, 0.2) is 4.80 Å². The van der Waals surface area contributed by atoms with Gasteiger partial charge in [-0.3, -0.25) is 9.36 Å². The summed E-state index contributed by atoms with van der Waals surface area (Å²) in [4.78, 5) is 31.8. The topological polar surface area (TPSA) is 60.7 Å². The Morgan fingerprint density at radius 1 is 1.15 bits per heavy atom. The normalized spacial score (nSPS) is 16.1. The van der Waals surface area contributed by atoms with Gasteiger partial charge in [0.25, 0.3) is 5.56 Å². The van der Waals surface area contributed by atoms with Gasteiger partial charge in [0.2, 0.25) is 0 Å². The highest BCUT2D eigenvalue weighted by atomic mass is 32.1. The molecule has 4 rings (SSSR count). The number of rotatable bonds is 5. The van der Waals surface area contributed by atoms with E-state index >= 15 is 0 Å². The Labute approximate surface area is 203 Å². The zero-order valence-corrected chi connectivity index (χ0v) is 20.7. The Morgan fingerprint density at radius 3 is 2.44 bits per heavy atom. The van der Waals surface area contributed by atoms with E-state index < -0.39 is 12.0 Å². The summed E-state index contributed by atoms with van der Waals surface area (Å²) < 4.78 is 7.52. The van der Waals surface area contributed by atoms with Crippen molar-refractivity contribution in [2.75, 3.05) is 6.61 Å². The number of hydrogen-bond acceptors (Lipinski definition) is 5. The second kappa shape index (κ2) is 9.39. The van der Waals surface area contributed by atoms with E-state index in [4.69, 9.17) is 4.74 Å². The van der Waals surface area contributed by atoms with Crippen LogP contribution in [-0.4, -0.2) is 17.1 Å². The van der Waals surface area contributed by atoms with Crippen molar-refractivity contribution in [1.82, 2.24) is 4.57 Å². The molecule has 0 fully saturated rings. The van der Waals surface area contributed by atoms with Gasteiger partial charge in [0.1, 0.15) is 6.61 Å². The summed E-state index contributed by atoms with van der Waals surface area (Å²) in [5.74, 6) is -0.498. The van der Waals surface area contributed by atoms with Gasteiger partial charge in [-0.1, -0.05) is 99.4 Å². The third-order valence-electron chi connectivity index (χ3n) is 5.76. The third kappa shape index (κ3) is 4.59. The van der Waals surface area contributed by atoms with Crippen LogP contribution in [0.15, 0.2) is 88.3 Å². The minimum Gasteiger partial charge on any atom is -0.458 e. The first-order chi connectivity index (χ1) is 16.2. The van der Waals surface area contributed by atoms with Crippen LogP contribution in [0, 0.1) is 0 Å². The molecule has 6 heteroatoms. The maximum atomic E-state index is 13.6. The third-order valence-corrected chi connectivity index (χ3v) is 6.75. The molecule has 1 aliphatic rings. The van der Waals surface area contributed by atoms with E-state index in [1.54, 1.807) is 11.5 Å². The second-order valence-corrected chi connectivity index (χ2v) is 10.3. The smallest absolute Gasteiger partial charge is 0.338 e. The number of carbonyl (C=O) groups is 1. The minimum absolute atomic E-state index is 0.0572. The lowest BCUT2D eigenvalue weighted by atomic mass is 9.87. The molecule has 2 heterocycles. The van der Waals surface area contributed by atoms with Gasteiger partial charge in [-0.25, -0.2) is 9.79 Å². The number of hydrogen-bond donors (Lipinski definition) is 0. The van der Waals surface area contributed by atoms with Crippen LogP contribution in [0.4, 0.5) is 0 Å². The quantitative estimate of drug-likeness (QED) is 0.412.